The fourth-order valence-corrected chi connectivity index (χ4v) is 2.61. The van der Waals surface area contributed by atoms with E-state index in [2.05, 4.69) is 15.5 Å². The third-order valence-corrected chi connectivity index (χ3v) is 3.84. The molecular formula is C15H9F2N3O2S. The van der Waals surface area contributed by atoms with Gasteiger partial charge in [0.15, 0.2) is 0 Å². The van der Waals surface area contributed by atoms with Gasteiger partial charge in [0.05, 0.1) is 0 Å². The van der Waals surface area contributed by atoms with E-state index in [1.54, 1.807) is 12.1 Å². The van der Waals surface area contributed by atoms with E-state index in [-0.39, 0.29) is 10.9 Å². The number of benzene rings is 2. The maximum Gasteiger partial charge on any atom is 0.263 e. The zero-order chi connectivity index (χ0) is 16.4. The predicted octanol–water partition coefficient (Wildman–Crippen LogP) is 3.44. The third kappa shape index (κ3) is 3.16. The first kappa shape index (κ1) is 15.0. The van der Waals surface area contributed by atoms with Crippen molar-refractivity contribution < 1.29 is 18.7 Å². The number of rotatable bonds is 3. The number of phenolic OH excluding ortho intramolecular Hbond substituents is 1. The molecule has 2 aromatic carbocycles. The number of aromatic nitrogens is 2. The summed E-state index contributed by atoms with van der Waals surface area (Å²) in [6, 6.07) is 9.43. The molecule has 0 aliphatic heterocycles. The normalized spacial score (nSPS) is 10.5. The Labute approximate surface area is 133 Å². The average Bonchev–Trinajstić information content (AvgIpc) is 2.96. The molecule has 0 fully saturated rings. The summed E-state index contributed by atoms with van der Waals surface area (Å²) in [7, 11) is 0. The SMILES string of the molecule is O=C(Nc1nnc(-c2ccc(O)cc2)s1)c1c(F)cccc1F. The standard InChI is InChI=1S/C15H9F2N3O2S/c16-10-2-1-3-11(17)12(10)13(22)18-15-20-19-14(23-15)8-4-6-9(21)7-5-8/h1-7,21H,(H,18,20,22). The summed E-state index contributed by atoms with van der Waals surface area (Å²) in [5.41, 5.74) is 0.0201. The molecule has 0 saturated heterocycles. The molecule has 3 aromatic rings. The minimum atomic E-state index is -0.953. The minimum absolute atomic E-state index is 0.112. The molecule has 0 spiro atoms. The number of nitrogens with zero attached hydrogens (tertiary/aromatic N) is 2. The van der Waals surface area contributed by atoms with Crippen molar-refractivity contribution in [3.05, 3.63) is 59.7 Å². The summed E-state index contributed by atoms with van der Waals surface area (Å²) in [6.45, 7) is 0. The molecule has 0 saturated carbocycles. The van der Waals surface area contributed by atoms with Gasteiger partial charge in [-0.1, -0.05) is 17.4 Å². The maximum absolute atomic E-state index is 13.6. The van der Waals surface area contributed by atoms with E-state index in [0.717, 1.165) is 23.5 Å². The molecule has 0 bridgehead atoms. The molecule has 0 atom stereocenters. The zero-order valence-corrected chi connectivity index (χ0v) is 12.3. The lowest BCUT2D eigenvalue weighted by molar-refractivity contribution is 0.101. The molecule has 116 valence electrons. The molecule has 0 aliphatic rings. The second kappa shape index (κ2) is 6.09. The average molecular weight is 333 g/mol. The van der Waals surface area contributed by atoms with Crippen LogP contribution in [0.1, 0.15) is 10.4 Å². The van der Waals surface area contributed by atoms with Gasteiger partial charge in [-0.2, -0.15) is 0 Å². The molecule has 1 amide bonds. The van der Waals surface area contributed by atoms with Gasteiger partial charge in [0.2, 0.25) is 5.13 Å². The van der Waals surface area contributed by atoms with E-state index in [0.29, 0.717) is 10.6 Å². The Kier molecular flexibility index (Phi) is 3.98. The number of phenols is 1. The minimum Gasteiger partial charge on any atom is -0.508 e. The molecule has 23 heavy (non-hydrogen) atoms. The van der Waals surface area contributed by atoms with Crippen LogP contribution < -0.4 is 5.32 Å². The van der Waals surface area contributed by atoms with Crippen LogP contribution in [0.2, 0.25) is 0 Å². The molecule has 0 unspecified atom stereocenters. The number of nitrogens with one attached hydrogen (secondary N) is 1. The number of hydrogen-bond acceptors (Lipinski definition) is 5. The molecule has 5 nitrogen and oxygen atoms in total. The Morgan fingerprint density at radius 1 is 1.04 bits per heavy atom. The summed E-state index contributed by atoms with van der Waals surface area (Å²) in [4.78, 5) is 12.0. The molecule has 1 heterocycles. The number of aromatic hydroxyl groups is 1. The summed E-state index contributed by atoms with van der Waals surface area (Å²) in [6.07, 6.45) is 0. The second-order valence-corrected chi connectivity index (χ2v) is 5.49. The van der Waals surface area contributed by atoms with Gasteiger partial charge in [-0.3, -0.25) is 10.1 Å². The van der Waals surface area contributed by atoms with Crippen LogP contribution in [0.3, 0.4) is 0 Å². The van der Waals surface area contributed by atoms with Crippen LogP contribution in [-0.2, 0) is 0 Å². The van der Waals surface area contributed by atoms with Gasteiger partial charge in [-0.25, -0.2) is 8.78 Å². The lowest BCUT2D eigenvalue weighted by atomic mass is 10.2. The first-order chi connectivity index (χ1) is 11.0. The van der Waals surface area contributed by atoms with E-state index in [1.807, 2.05) is 0 Å². The summed E-state index contributed by atoms with van der Waals surface area (Å²) >= 11 is 1.05. The maximum atomic E-state index is 13.6. The molecule has 2 N–H and O–H groups in total. The van der Waals surface area contributed by atoms with E-state index in [4.69, 9.17) is 0 Å². The third-order valence-electron chi connectivity index (χ3n) is 2.95. The van der Waals surface area contributed by atoms with Crippen LogP contribution in [-0.4, -0.2) is 21.2 Å². The van der Waals surface area contributed by atoms with Crippen LogP contribution in [0.25, 0.3) is 10.6 Å². The highest BCUT2D eigenvalue weighted by Gasteiger charge is 2.18. The number of anilines is 1. The van der Waals surface area contributed by atoms with Crippen LogP contribution in [0.5, 0.6) is 5.75 Å². The van der Waals surface area contributed by atoms with Crippen molar-refractivity contribution in [3.63, 3.8) is 0 Å². The number of halogens is 2. The highest BCUT2D eigenvalue weighted by Crippen LogP contribution is 2.28. The second-order valence-electron chi connectivity index (χ2n) is 4.51. The van der Waals surface area contributed by atoms with Crippen molar-refractivity contribution in [2.75, 3.05) is 5.32 Å². The highest BCUT2D eigenvalue weighted by molar-refractivity contribution is 7.18. The predicted molar refractivity (Wildman–Crippen MR) is 81.3 cm³/mol. The van der Waals surface area contributed by atoms with Crippen LogP contribution in [0.15, 0.2) is 42.5 Å². The largest absolute Gasteiger partial charge is 0.508 e. The summed E-state index contributed by atoms with van der Waals surface area (Å²) < 4.78 is 27.1. The van der Waals surface area contributed by atoms with Crippen molar-refractivity contribution >= 4 is 22.4 Å². The molecular weight excluding hydrogens is 324 g/mol. The van der Waals surface area contributed by atoms with Crippen molar-refractivity contribution in [2.24, 2.45) is 0 Å². The first-order valence-corrected chi connectivity index (χ1v) is 7.24. The van der Waals surface area contributed by atoms with Crippen molar-refractivity contribution in [2.45, 2.75) is 0 Å². The fraction of sp³-hybridized carbons (Fsp3) is 0. The monoisotopic (exact) mass is 333 g/mol. The topological polar surface area (TPSA) is 75.1 Å². The Hall–Kier alpha value is -2.87. The van der Waals surface area contributed by atoms with Gasteiger partial charge >= 0.3 is 0 Å². The molecule has 8 heteroatoms. The van der Waals surface area contributed by atoms with Crippen LogP contribution >= 0.6 is 11.3 Å². The number of hydrogen-bond donors (Lipinski definition) is 2. The highest BCUT2D eigenvalue weighted by atomic mass is 32.1. The van der Waals surface area contributed by atoms with Crippen LogP contribution in [0, 0.1) is 11.6 Å². The van der Waals surface area contributed by atoms with Crippen LogP contribution in [0.4, 0.5) is 13.9 Å². The molecule has 1 aromatic heterocycles. The van der Waals surface area contributed by atoms with E-state index >= 15 is 0 Å². The van der Waals surface area contributed by atoms with Gasteiger partial charge in [-0.15, -0.1) is 10.2 Å². The van der Waals surface area contributed by atoms with Gasteiger partial charge in [0.1, 0.15) is 28.0 Å². The Balaban J connectivity index is 1.82. The fourth-order valence-electron chi connectivity index (χ4n) is 1.87. The molecule has 0 aliphatic carbocycles. The Morgan fingerprint density at radius 3 is 2.35 bits per heavy atom. The van der Waals surface area contributed by atoms with Crippen molar-refractivity contribution in [1.29, 1.82) is 0 Å². The van der Waals surface area contributed by atoms with Gasteiger partial charge < -0.3 is 5.11 Å². The smallest absolute Gasteiger partial charge is 0.263 e. The number of amides is 1. The van der Waals surface area contributed by atoms with E-state index < -0.39 is 23.1 Å². The van der Waals surface area contributed by atoms with Gasteiger partial charge in [-0.05, 0) is 36.4 Å². The number of carbonyl (C=O) groups is 1. The Bertz CT molecular complexity index is 845. The Morgan fingerprint density at radius 2 is 1.70 bits per heavy atom. The van der Waals surface area contributed by atoms with E-state index in [1.165, 1.54) is 18.2 Å². The summed E-state index contributed by atoms with van der Waals surface area (Å²) in [5.74, 6) is -2.73. The number of carbonyl (C=O) groups excluding carboxylic acids is 1. The first-order valence-electron chi connectivity index (χ1n) is 6.43. The van der Waals surface area contributed by atoms with Gasteiger partial charge in [0, 0.05) is 5.56 Å². The zero-order valence-electron chi connectivity index (χ0n) is 11.5. The quantitative estimate of drug-likeness (QED) is 0.770. The summed E-state index contributed by atoms with van der Waals surface area (Å²) in [5, 5.41) is 19.8. The van der Waals surface area contributed by atoms with Crippen molar-refractivity contribution in [3.8, 4) is 16.3 Å². The lowest BCUT2D eigenvalue weighted by Crippen LogP contribution is -2.15. The lowest BCUT2D eigenvalue weighted by Gasteiger charge is -2.03. The molecule has 3 rings (SSSR count). The van der Waals surface area contributed by atoms with Gasteiger partial charge in [0.25, 0.3) is 5.91 Å². The molecule has 0 radical (unpaired) electrons. The van der Waals surface area contributed by atoms with E-state index in [9.17, 15) is 18.7 Å². The van der Waals surface area contributed by atoms with Crippen molar-refractivity contribution in [1.82, 2.24) is 10.2 Å².